The highest BCUT2D eigenvalue weighted by atomic mass is 14.9. The second-order valence-corrected chi connectivity index (χ2v) is 3.37. The van der Waals surface area contributed by atoms with Gasteiger partial charge >= 0.3 is 0 Å². The van der Waals surface area contributed by atoms with Crippen LogP contribution in [0.15, 0.2) is 18.2 Å². The summed E-state index contributed by atoms with van der Waals surface area (Å²) in [6.45, 7) is 5.26. The lowest BCUT2D eigenvalue weighted by atomic mass is 10.2. The Hall–Kier alpha value is -1.18. The molecule has 0 saturated carbocycles. The fourth-order valence-corrected chi connectivity index (χ4v) is 1.22. The smallest absolute Gasteiger partial charge is 0.0576 e. The van der Waals surface area contributed by atoms with Gasteiger partial charge in [0.15, 0.2) is 0 Å². The van der Waals surface area contributed by atoms with Crippen LogP contribution < -0.4 is 11.1 Å². The molecule has 0 atom stereocenters. The largest absolute Gasteiger partial charge is 0.397 e. The molecule has 0 aliphatic carbocycles. The predicted molar refractivity (Wildman–Crippen MR) is 59.0 cm³/mol. The van der Waals surface area contributed by atoms with Crippen molar-refractivity contribution in [1.82, 2.24) is 0 Å². The number of benzene rings is 1. The number of nitrogen functional groups attached to an aromatic ring is 1. The molecular formula is C11H18N2. The number of hydrogen-bond donors (Lipinski definition) is 2. The molecule has 0 radical (unpaired) electrons. The molecule has 2 nitrogen and oxygen atoms in total. The van der Waals surface area contributed by atoms with Gasteiger partial charge in [-0.15, -0.1) is 0 Å². The van der Waals surface area contributed by atoms with Gasteiger partial charge in [0.05, 0.1) is 11.4 Å². The van der Waals surface area contributed by atoms with Gasteiger partial charge in [-0.05, 0) is 31.0 Å². The van der Waals surface area contributed by atoms with Gasteiger partial charge in [-0.3, -0.25) is 0 Å². The normalized spacial score (nSPS) is 10.0. The Labute approximate surface area is 80.1 Å². The first kappa shape index (κ1) is 9.90. The van der Waals surface area contributed by atoms with Crippen LogP contribution in [0.5, 0.6) is 0 Å². The lowest BCUT2D eigenvalue weighted by Gasteiger charge is -2.09. The summed E-state index contributed by atoms with van der Waals surface area (Å²) in [4.78, 5) is 0. The third-order valence-corrected chi connectivity index (χ3v) is 2.05. The quantitative estimate of drug-likeness (QED) is 0.549. The lowest BCUT2D eigenvalue weighted by molar-refractivity contribution is 0.834. The van der Waals surface area contributed by atoms with Gasteiger partial charge in [0.1, 0.15) is 0 Å². The van der Waals surface area contributed by atoms with Crippen molar-refractivity contribution in [3.63, 3.8) is 0 Å². The van der Waals surface area contributed by atoms with E-state index in [1.165, 1.54) is 18.4 Å². The number of aryl methyl sites for hydroxylation is 1. The van der Waals surface area contributed by atoms with Crippen LogP contribution in [0.2, 0.25) is 0 Å². The molecule has 0 saturated heterocycles. The fraction of sp³-hybridized carbons (Fsp3) is 0.455. The predicted octanol–water partition coefficient (Wildman–Crippen LogP) is 2.79. The van der Waals surface area contributed by atoms with Gasteiger partial charge < -0.3 is 11.1 Å². The number of nitrogens with one attached hydrogen (secondary N) is 1. The lowest BCUT2D eigenvalue weighted by Crippen LogP contribution is -2.03. The summed E-state index contributed by atoms with van der Waals surface area (Å²) < 4.78 is 0. The molecule has 72 valence electrons. The van der Waals surface area contributed by atoms with E-state index in [2.05, 4.69) is 25.2 Å². The van der Waals surface area contributed by atoms with Crippen molar-refractivity contribution in [1.29, 1.82) is 0 Å². The van der Waals surface area contributed by atoms with Crippen molar-refractivity contribution in [3.8, 4) is 0 Å². The molecule has 1 aromatic rings. The summed E-state index contributed by atoms with van der Waals surface area (Å²) in [6, 6.07) is 6.06. The molecule has 2 heteroatoms. The monoisotopic (exact) mass is 178 g/mol. The topological polar surface area (TPSA) is 38.0 Å². The number of unbranched alkanes of at least 4 members (excludes halogenated alkanes) is 1. The van der Waals surface area contributed by atoms with Crippen molar-refractivity contribution in [2.24, 2.45) is 0 Å². The standard InChI is InChI=1S/C11H18N2/c1-3-4-7-13-11-8-9(2)5-6-10(11)12/h5-6,8,13H,3-4,7,12H2,1-2H3. The van der Waals surface area contributed by atoms with E-state index < -0.39 is 0 Å². The Morgan fingerprint density at radius 3 is 2.85 bits per heavy atom. The Bertz CT molecular complexity index is 269. The molecule has 13 heavy (non-hydrogen) atoms. The Morgan fingerprint density at radius 2 is 2.15 bits per heavy atom. The van der Waals surface area contributed by atoms with Crippen LogP contribution in [0.3, 0.4) is 0 Å². The van der Waals surface area contributed by atoms with Gasteiger partial charge in [-0.2, -0.15) is 0 Å². The van der Waals surface area contributed by atoms with Gasteiger partial charge in [0.2, 0.25) is 0 Å². The van der Waals surface area contributed by atoms with Gasteiger partial charge in [-0.25, -0.2) is 0 Å². The molecule has 0 fully saturated rings. The third-order valence-electron chi connectivity index (χ3n) is 2.05. The first-order valence-corrected chi connectivity index (χ1v) is 4.84. The van der Waals surface area contributed by atoms with E-state index in [1.807, 2.05) is 12.1 Å². The number of anilines is 2. The van der Waals surface area contributed by atoms with E-state index in [4.69, 9.17) is 5.73 Å². The fourth-order valence-electron chi connectivity index (χ4n) is 1.22. The summed E-state index contributed by atoms with van der Waals surface area (Å²) >= 11 is 0. The number of rotatable bonds is 4. The zero-order chi connectivity index (χ0) is 9.68. The minimum absolute atomic E-state index is 0.835. The molecule has 0 aliphatic rings. The van der Waals surface area contributed by atoms with Crippen LogP contribution in [-0.2, 0) is 0 Å². The van der Waals surface area contributed by atoms with E-state index in [0.717, 1.165) is 17.9 Å². The van der Waals surface area contributed by atoms with Crippen molar-refractivity contribution in [2.75, 3.05) is 17.6 Å². The third kappa shape index (κ3) is 2.98. The summed E-state index contributed by atoms with van der Waals surface area (Å²) in [5.74, 6) is 0. The van der Waals surface area contributed by atoms with Crippen LogP contribution in [0.25, 0.3) is 0 Å². The van der Waals surface area contributed by atoms with E-state index >= 15 is 0 Å². The molecule has 1 aromatic carbocycles. The molecular weight excluding hydrogens is 160 g/mol. The Kier molecular flexibility index (Phi) is 3.62. The summed E-state index contributed by atoms with van der Waals surface area (Å²) in [5, 5.41) is 3.33. The molecule has 0 amide bonds. The van der Waals surface area contributed by atoms with Gasteiger partial charge in [0, 0.05) is 6.54 Å². The molecule has 0 bridgehead atoms. The van der Waals surface area contributed by atoms with E-state index in [1.54, 1.807) is 0 Å². The first-order chi connectivity index (χ1) is 6.24. The zero-order valence-corrected chi connectivity index (χ0v) is 8.43. The number of hydrogen-bond acceptors (Lipinski definition) is 2. The van der Waals surface area contributed by atoms with Crippen molar-refractivity contribution in [3.05, 3.63) is 23.8 Å². The minimum atomic E-state index is 0.835. The maximum atomic E-state index is 5.81. The van der Waals surface area contributed by atoms with E-state index in [9.17, 15) is 0 Å². The zero-order valence-electron chi connectivity index (χ0n) is 8.43. The van der Waals surface area contributed by atoms with Crippen molar-refractivity contribution >= 4 is 11.4 Å². The highest BCUT2D eigenvalue weighted by molar-refractivity contribution is 5.66. The molecule has 0 aliphatic heterocycles. The molecule has 0 spiro atoms. The molecule has 1 rings (SSSR count). The maximum Gasteiger partial charge on any atom is 0.0576 e. The average Bonchev–Trinajstić information content (AvgIpc) is 2.11. The Morgan fingerprint density at radius 1 is 1.38 bits per heavy atom. The van der Waals surface area contributed by atoms with Crippen LogP contribution >= 0.6 is 0 Å². The minimum Gasteiger partial charge on any atom is -0.397 e. The molecule has 0 unspecified atom stereocenters. The average molecular weight is 178 g/mol. The molecule has 0 heterocycles. The Balaban J connectivity index is 2.59. The maximum absolute atomic E-state index is 5.81. The van der Waals surface area contributed by atoms with Crippen LogP contribution in [0, 0.1) is 6.92 Å². The first-order valence-electron chi connectivity index (χ1n) is 4.84. The van der Waals surface area contributed by atoms with Crippen LogP contribution in [0.4, 0.5) is 11.4 Å². The van der Waals surface area contributed by atoms with Crippen molar-refractivity contribution in [2.45, 2.75) is 26.7 Å². The summed E-state index contributed by atoms with van der Waals surface area (Å²) in [5.41, 5.74) is 8.95. The highest BCUT2D eigenvalue weighted by Gasteiger charge is 1.96. The second-order valence-electron chi connectivity index (χ2n) is 3.37. The van der Waals surface area contributed by atoms with Gasteiger partial charge in [0.25, 0.3) is 0 Å². The van der Waals surface area contributed by atoms with Crippen molar-refractivity contribution < 1.29 is 0 Å². The summed E-state index contributed by atoms with van der Waals surface area (Å²) in [6.07, 6.45) is 2.39. The molecule has 3 N–H and O–H groups in total. The SMILES string of the molecule is CCCCNc1cc(C)ccc1N. The van der Waals surface area contributed by atoms with E-state index in [-0.39, 0.29) is 0 Å². The van der Waals surface area contributed by atoms with Crippen LogP contribution in [-0.4, -0.2) is 6.54 Å². The van der Waals surface area contributed by atoms with Crippen LogP contribution in [0.1, 0.15) is 25.3 Å². The second kappa shape index (κ2) is 4.75. The van der Waals surface area contributed by atoms with Gasteiger partial charge in [-0.1, -0.05) is 19.4 Å². The molecule has 0 aromatic heterocycles. The summed E-state index contributed by atoms with van der Waals surface area (Å²) in [7, 11) is 0. The number of nitrogens with two attached hydrogens (primary N) is 1. The van der Waals surface area contributed by atoms with E-state index in [0.29, 0.717) is 0 Å². The highest BCUT2D eigenvalue weighted by Crippen LogP contribution is 2.19.